The fourth-order valence-electron chi connectivity index (χ4n) is 1.91. The first-order valence-electron chi connectivity index (χ1n) is 6.48. The Kier molecular flexibility index (Phi) is 4.56. The Balaban J connectivity index is 2.01. The van der Waals surface area contributed by atoms with Gasteiger partial charge in [-0.2, -0.15) is 0 Å². The van der Waals surface area contributed by atoms with E-state index in [4.69, 9.17) is 10.5 Å². The highest BCUT2D eigenvalue weighted by molar-refractivity contribution is 7.09. The Labute approximate surface area is 118 Å². The molecule has 0 aliphatic heterocycles. The van der Waals surface area contributed by atoms with Gasteiger partial charge in [-0.05, 0) is 38.5 Å². The lowest BCUT2D eigenvalue weighted by Crippen LogP contribution is -2.13. The van der Waals surface area contributed by atoms with Gasteiger partial charge in [-0.15, -0.1) is 11.3 Å². The highest BCUT2D eigenvalue weighted by atomic mass is 32.1. The molecule has 0 amide bonds. The van der Waals surface area contributed by atoms with Gasteiger partial charge in [0, 0.05) is 17.8 Å². The monoisotopic (exact) mass is 276 g/mol. The van der Waals surface area contributed by atoms with Crippen LogP contribution in [0.3, 0.4) is 0 Å². The number of hydrogen-bond donors (Lipinski definition) is 1. The normalized spacial score (nSPS) is 12.7. The van der Waals surface area contributed by atoms with Gasteiger partial charge in [0.05, 0.1) is 16.8 Å². The standard InChI is InChI=1S/C15H20N2OS/c1-10(2)18-14-6-4-12(5-7-14)15(16)8-13-9-19-11(3)17-13/h4-7,9-10,15H,8,16H2,1-3H3. The molecule has 3 nitrogen and oxygen atoms in total. The molecule has 0 saturated heterocycles. The minimum Gasteiger partial charge on any atom is -0.491 e. The van der Waals surface area contributed by atoms with E-state index in [1.165, 1.54) is 0 Å². The number of nitrogens with two attached hydrogens (primary N) is 1. The van der Waals surface area contributed by atoms with Crippen LogP contribution in [0.5, 0.6) is 5.75 Å². The van der Waals surface area contributed by atoms with Crippen molar-refractivity contribution >= 4 is 11.3 Å². The van der Waals surface area contributed by atoms with Crippen molar-refractivity contribution in [1.82, 2.24) is 4.98 Å². The number of ether oxygens (including phenoxy) is 1. The summed E-state index contributed by atoms with van der Waals surface area (Å²) in [6.07, 6.45) is 0.965. The second-order valence-electron chi connectivity index (χ2n) is 4.90. The van der Waals surface area contributed by atoms with Gasteiger partial charge < -0.3 is 10.5 Å². The molecule has 2 rings (SSSR count). The Morgan fingerprint density at radius 3 is 2.47 bits per heavy atom. The van der Waals surface area contributed by atoms with Crippen LogP contribution in [-0.4, -0.2) is 11.1 Å². The van der Waals surface area contributed by atoms with Crippen LogP contribution in [0, 0.1) is 6.92 Å². The second-order valence-corrected chi connectivity index (χ2v) is 5.97. The van der Waals surface area contributed by atoms with Crippen molar-refractivity contribution in [3.8, 4) is 5.75 Å². The third kappa shape index (κ3) is 4.04. The van der Waals surface area contributed by atoms with Gasteiger partial charge >= 0.3 is 0 Å². The molecule has 4 heteroatoms. The smallest absolute Gasteiger partial charge is 0.119 e. The number of benzene rings is 1. The van der Waals surface area contributed by atoms with Crippen LogP contribution in [0.1, 0.15) is 36.2 Å². The average Bonchev–Trinajstić information content (AvgIpc) is 2.75. The minimum absolute atomic E-state index is 0.0189. The summed E-state index contributed by atoms with van der Waals surface area (Å²) in [7, 11) is 0. The van der Waals surface area contributed by atoms with E-state index in [2.05, 4.69) is 10.4 Å². The Morgan fingerprint density at radius 1 is 1.26 bits per heavy atom. The van der Waals surface area contributed by atoms with E-state index in [9.17, 15) is 0 Å². The van der Waals surface area contributed by atoms with Crippen LogP contribution in [0.15, 0.2) is 29.6 Å². The summed E-state index contributed by atoms with van der Waals surface area (Å²) < 4.78 is 5.62. The molecule has 0 spiro atoms. The topological polar surface area (TPSA) is 48.1 Å². The number of aryl methyl sites for hydroxylation is 1. The summed E-state index contributed by atoms with van der Waals surface area (Å²) >= 11 is 1.66. The molecule has 2 aromatic rings. The first-order chi connectivity index (χ1) is 9.04. The third-order valence-corrected chi connectivity index (χ3v) is 3.60. The van der Waals surface area contributed by atoms with Crippen molar-refractivity contribution in [3.63, 3.8) is 0 Å². The molecule has 0 aliphatic rings. The summed E-state index contributed by atoms with van der Waals surface area (Å²) in [5, 5.41) is 3.16. The van der Waals surface area contributed by atoms with Crippen molar-refractivity contribution in [2.45, 2.75) is 39.3 Å². The molecule has 1 aromatic carbocycles. The lowest BCUT2D eigenvalue weighted by atomic mass is 10.0. The van der Waals surface area contributed by atoms with Gasteiger partial charge in [-0.25, -0.2) is 4.98 Å². The van der Waals surface area contributed by atoms with E-state index in [0.717, 1.165) is 28.4 Å². The van der Waals surface area contributed by atoms with Crippen molar-refractivity contribution in [1.29, 1.82) is 0 Å². The molecule has 0 fully saturated rings. The van der Waals surface area contributed by atoms with E-state index in [1.54, 1.807) is 11.3 Å². The fraction of sp³-hybridized carbons (Fsp3) is 0.400. The molecule has 2 N–H and O–H groups in total. The van der Waals surface area contributed by atoms with Gasteiger partial charge in [-0.3, -0.25) is 0 Å². The molecule has 1 aromatic heterocycles. The maximum atomic E-state index is 6.21. The van der Waals surface area contributed by atoms with Gasteiger partial charge in [0.2, 0.25) is 0 Å². The molecule has 102 valence electrons. The van der Waals surface area contributed by atoms with E-state index in [0.29, 0.717) is 0 Å². The van der Waals surface area contributed by atoms with Crippen LogP contribution in [0.25, 0.3) is 0 Å². The zero-order chi connectivity index (χ0) is 13.8. The van der Waals surface area contributed by atoms with Crippen LogP contribution < -0.4 is 10.5 Å². The zero-order valence-electron chi connectivity index (χ0n) is 11.6. The van der Waals surface area contributed by atoms with E-state index in [-0.39, 0.29) is 12.1 Å². The molecule has 0 bridgehead atoms. The molecule has 0 aliphatic carbocycles. The van der Waals surface area contributed by atoms with Crippen LogP contribution >= 0.6 is 11.3 Å². The number of rotatable bonds is 5. The molecule has 19 heavy (non-hydrogen) atoms. The Morgan fingerprint density at radius 2 is 1.95 bits per heavy atom. The van der Waals surface area contributed by atoms with Crippen molar-refractivity contribution in [2.24, 2.45) is 5.73 Å². The average molecular weight is 276 g/mol. The van der Waals surface area contributed by atoms with Crippen LogP contribution in [0.4, 0.5) is 0 Å². The Hall–Kier alpha value is -1.39. The number of hydrogen-bond acceptors (Lipinski definition) is 4. The molecule has 1 atom stereocenters. The van der Waals surface area contributed by atoms with Crippen molar-refractivity contribution in [3.05, 3.63) is 45.9 Å². The maximum Gasteiger partial charge on any atom is 0.119 e. The van der Waals surface area contributed by atoms with Crippen LogP contribution in [0.2, 0.25) is 0 Å². The molecular formula is C15H20N2OS. The first kappa shape index (κ1) is 14.0. The van der Waals surface area contributed by atoms with E-state index in [1.807, 2.05) is 45.0 Å². The highest BCUT2D eigenvalue weighted by Gasteiger charge is 2.09. The summed E-state index contributed by atoms with van der Waals surface area (Å²) in [6, 6.07) is 7.99. The summed E-state index contributed by atoms with van der Waals surface area (Å²) in [5.74, 6) is 0.885. The summed E-state index contributed by atoms with van der Waals surface area (Å²) in [6.45, 7) is 6.05. The zero-order valence-corrected chi connectivity index (χ0v) is 12.4. The lowest BCUT2D eigenvalue weighted by Gasteiger charge is -2.13. The molecule has 1 heterocycles. The van der Waals surface area contributed by atoms with Gasteiger partial charge in [0.15, 0.2) is 0 Å². The Bertz CT molecular complexity index is 519. The largest absolute Gasteiger partial charge is 0.491 e. The SMILES string of the molecule is Cc1nc(CC(N)c2ccc(OC(C)C)cc2)cs1. The predicted octanol–water partition coefficient (Wildman–Crippen LogP) is 3.48. The summed E-state index contributed by atoms with van der Waals surface area (Å²) in [4.78, 5) is 4.45. The molecule has 1 unspecified atom stereocenters. The number of nitrogens with zero attached hydrogens (tertiary/aromatic N) is 1. The number of thiazole rings is 1. The number of aromatic nitrogens is 1. The van der Waals surface area contributed by atoms with Crippen molar-refractivity contribution < 1.29 is 4.74 Å². The maximum absolute atomic E-state index is 6.21. The van der Waals surface area contributed by atoms with Gasteiger partial charge in [0.1, 0.15) is 5.75 Å². The van der Waals surface area contributed by atoms with Crippen LogP contribution in [-0.2, 0) is 6.42 Å². The fourth-order valence-corrected chi connectivity index (χ4v) is 2.54. The molecular weight excluding hydrogens is 256 g/mol. The molecule has 0 saturated carbocycles. The quantitative estimate of drug-likeness (QED) is 0.909. The van der Waals surface area contributed by atoms with E-state index >= 15 is 0 Å². The highest BCUT2D eigenvalue weighted by Crippen LogP contribution is 2.21. The predicted molar refractivity (Wildman–Crippen MR) is 79.7 cm³/mol. The minimum atomic E-state index is -0.0189. The lowest BCUT2D eigenvalue weighted by molar-refractivity contribution is 0.242. The van der Waals surface area contributed by atoms with E-state index < -0.39 is 0 Å². The van der Waals surface area contributed by atoms with Crippen molar-refractivity contribution in [2.75, 3.05) is 0 Å². The molecule has 0 radical (unpaired) electrons. The van der Waals surface area contributed by atoms with Gasteiger partial charge in [-0.1, -0.05) is 12.1 Å². The first-order valence-corrected chi connectivity index (χ1v) is 7.36. The van der Waals surface area contributed by atoms with Gasteiger partial charge in [0.25, 0.3) is 0 Å². The second kappa shape index (κ2) is 6.17. The third-order valence-electron chi connectivity index (χ3n) is 2.78. The summed E-state index contributed by atoms with van der Waals surface area (Å²) in [5.41, 5.74) is 8.39.